The normalized spacial score (nSPS) is 12.4. The van der Waals surface area contributed by atoms with Crippen LogP contribution < -0.4 is 9.83 Å². The second kappa shape index (κ2) is 8.83. The summed E-state index contributed by atoms with van der Waals surface area (Å²) in [7, 11) is -3.88. The van der Waals surface area contributed by atoms with Gasteiger partial charge in [0.2, 0.25) is 10.0 Å². The van der Waals surface area contributed by atoms with Gasteiger partial charge in [0, 0.05) is 30.2 Å². The van der Waals surface area contributed by atoms with E-state index >= 15 is 0 Å². The molecule has 2 aromatic heterocycles. The van der Waals surface area contributed by atoms with Gasteiger partial charge >= 0.3 is 0 Å². The Labute approximate surface area is 184 Å². The molecule has 0 unspecified atom stereocenters. The number of fused-ring (bicyclic) bond motifs is 1. The third-order valence-corrected chi connectivity index (χ3v) is 6.40. The number of halogens is 2. The van der Waals surface area contributed by atoms with Crippen molar-refractivity contribution in [1.82, 2.24) is 19.6 Å². The summed E-state index contributed by atoms with van der Waals surface area (Å²) in [5.74, 6) is 0. The number of carboxylic acid groups (broad SMARTS) is 1. The van der Waals surface area contributed by atoms with Gasteiger partial charge in [0.1, 0.15) is 11.7 Å². The minimum atomic E-state index is -3.88. The number of sulfonamides is 1. The Bertz CT molecular complexity index is 1220. The molecule has 2 N–H and O–H groups in total. The van der Waals surface area contributed by atoms with Crippen LogP contribution in [0, 0.1) is 0 Å². The molecule has 32 heavy (non-hydrogen) atoms. The van der Waals surface area contributed by atoms with Crippen LogP contribution in [0.4, 0.5) is 13.6 Å². The molecule has 3 rings (SSSR count). The number of rotatable bonds is 7. The molecule has 0 radical (unpaired) electrons. The van der Waals surface area contributed by atoms with Crippen molar-refractivity contribution in [2.75, 3.05) is 13.1 Å². The molecular formula is C21H23F2N4O4S-. The lowest BCUT2D eigenvalue weighted by molar-refractivity contribution is -0.270. The van der Waals surface area contributed by atoms with Crippen LogP contribution in [0.5, 0.6) is 0 Å². The summed E-state index contributed by atoms with van der Waals surface area (Å²) < 4.78 is 53.6. The maximum atomic E-state index is 13.0. The first kappa shape index (κ1) is 23.6. The minimum absolute atomic E-state index is 0.00959. The Morgan fingerprint density at radius 3 is 2.44 bits per heavy atom. The van der Waals surface area contributed by atoms with Gasteiger partial charge in [-0.25, -0.2) is 26.9 Å². The number of benzene rings is 1. The summed E-state index contributed by atoms with van der Waals surface area (Å²) in [6.45, 7) is 4.85. The van der Waals surface area contributed by atoms with Gasteiger partial charge in [0.05, 0.1) is 10.6 Å². The summed E-state index contributed by atoms with van der Waals surface area (Å²) in [6, 6.07) is 8.92. The van der Waals surface area contributed by atoms with E-state index in [2.05, 4.69) is 14.7 Å². The molecule has 0 atom stereocenters. The third-order valence-electron chi connectivity index (χ3n) is 4.92. The van der Waals surface area contributed by atoms with Crippen LogP contribution in [0.25, 0.3) is 22.2 Å². The number of nitrogens with one attached hydrogen (secondary N) is 2. The number of carbonyl (C=O) groups excluding carboxylic acids is 1. The van der Waals surface area contributed by atoms with Crippen molar-refractivity contribution in [2.24, 2.45) is 0 Å². The number of pyridine rings is 1. The Balaban J connectivity index is 1.78. The molecule has 8 nitrogen and oxygen atoms in total. The first-order chi connectivity index (χ1) is 14.9. The number of aromatic amines is 1. The lowest BCUT2D eigenvalue weighted by atomic mass is 10.0. The van der Waals surface area contributed by atoms with Gasteiger partial charge in [-0.3, -0.25) is 0 Å². The SMILES string of the molecule is CC(C)(C)N(CCNS(=O)(=O)c1ccc(-c2ccnc3[nH]c(C(F)F)cc23)cc1)C(=O)[O-]. The fourth-order valence-electron chi connectivity index (χ4n) is 3.31. The monoisotopic (exact) mass is 465 g/mol. The molecule has 2 heterocycles. The second-order valence-electron chi connectivity index (χ2n) is 8.16. The molecule has 0 bridgehead atoms. The zero-order valence-electron chi connectivity index (χ0n) is 17.7. The van der Waals surface area contributed by atoms with Gasteiger partial charge in [0.25, 0.3) is 6.43 Å². The van der Waals surface area contributed by atoms with Crippen molar-refractivity contribution in [2.45, 2.75) is 37.6 Å². The summed E-state index contributed by atoms with van der Waals surface area (Å²) in [4.78, 5) is 18.9. The van der Waals surface area contributed by atoms with Crippen LogP contribution in [0.15, 0.2) is 47.5 Å². The number of hydrogen-bond donors (Lipinski definition) is 2. The smallest absolute Gasteiger partial charge is 0.278 e. The van der Waals surface area contributed by atoms with E-state index in [4.69, 9.17) is 0 Å². The Morgan fingerprint density at radius 1 is 1.22 bits per heavy atom. The number of nitrogens with zero attached hydrogens (tertiary/aromatic N) is 2. The molecule has 1 aromatic carbocycles. The van der Waals surface area contributed by atoms with Crippen LogP contribution in [0.2, 0.25) is 0 Å². The minimum Gasteiger partial charge on any atom is -0.530 e. The fraction of sp³-hybridized carbons (Fsp3) is 0.333. The molecule has 3 aromatic rings. The average Bonchev–Trinajstić information content (AvgIpc) is 3.15. The highest BCUT2D eigenvalue weighted by Gasteiger charge is 2.22. The van der Waals surface area contributed by atoms with E-state index < -0.39 is 28.1 Å². The zero-order valence-corrected chi connectivity index (χ0v) is 18.5. The van der Waals surface area contributed by atoms with Gasteiger partial charge in [0.15, 0.2) is 0 Å². The average molecular weight is 466 g/mol. The molecule has 1 amide bonds. The summed E-state index contributed by atoms with van der Waals surface area (Å²) in [5, 5.41) is 11.8. The summed E-state index contributed by atoms with van der Waals surface area (Å²) >= 11 is 0. The standard InChI is InChI=1S/C21H24F2N4O4S/c1-21(2,3)27(20(28)29)11-10-25-32(30,31)14-6-4-13(5-7-14)15-8-9-24-19-16(15)12-17(26-19)18(22)23/h4-9,12,18,25H,10-11H2,1-3H3,(H,24,26)(H,28,29)/p-1. The van der Waals surface area contributed by atoms with Crippen LogP contribution in [-0.4, -0.2) is 48.0 Å². The van der Waals surface area contributed by atoms with Crippen LogP contribution >= 0.6 is 0 Å². The predicted molar refractivity (Wildman–Crippen MR) is 114 cm³/mol. The molecule has 0 aliphatic heterocycles. The van der Waals surface area contributed by atoms with Crippen molar-refractivity contribution >= 4 is 27.1 Å². The van der Waals surface area contributed by atoms with Crippen molar-refractivity contribution < 1.29 is 27.1 Å². The highest BCUT2D eigenvalue weighted by Crippen LogP contribution is 2.31. The number of hydrogen-bond acceptors (Lipinski definition) is 5. The summed E-state index contributed by atoms with van der Waals surface area (Å²) in [5.41, 5.74) is 0.595. The molecule has 0 saturated carbocycles. The maximum Gasteiger partial charge on any atom is 0.278 e. The summed E-state index contributed by atoms with van der Waals surface area (Å²) in [6.07, 6.45) is -2.57. The van der Waals surface area contributed by atoms with Crippen molar-refractivity contribution in [3.63, 3.8) is 0 Å². The Kier molecular flexibility index (Phi) is 6.51. The molecule has 0 aliphatic rings. The van der Waals surface area contributed by atoms with E-state index in [9.17, 15) is 27.1 Å². The number of amides is 1. The predicted octanol–water partition coefficient (Wildman–Crippen LogP) is 2.89. The van der Waals surface area contributed by atoms with E-state index in [0.29, 0.717) is 22.2 Å². The molecule has 0 spiro atoms. The topological polar surface area (TPSA) is 118 Å². The van der Waals surface area contributed by atoms with Gasteiger partial charge in [-0.2, -0.15) is 0 Å². The van der Waals surface area contributed by atoms with Crippen molar-refractivity contribution in [3.8, 4) is 11.1 Å². The van der Waals surface area contributed by atoms with Crippen LogP contribution in [0.1, 0.15) is 32.9 Å². The van der Waals surface area contributed by atoms with E-state index in [0.717, 1.165) is 4.90 Å². The number of H-pyrrole nitrogens is 1. The van der Waals surface area contributed by atoms with Crippen LogP contribution in [0.3, 0.4) is 0 Å². The van der Waals surface area contributed by atoms with E-state index in [1.165, 1.54) is 24.4 Å². The van der Waals surface area contributed by atoms with Crippen molar-refractivity contribution in [3.05, 3.63) is 48.3 Å². The number of carbonyl (C=O) groups is 1. The lowest BCUT2D eigenvalue weighted by Gasteiger charge is -2.37. The van der Waals surface area contributed by atoms with Gasteiger partial charge in [-0.15, -0.1) is 0 Å². The van der Waals surface area contributed by atoms with E-state index in [-0.39, 0.29) is 23.7 Å². The lowest BCUT2D eigenvalue weighted by Crippen LogP contribution is -2.53. The highest BCUT2D eigenvalue weighted by atomic mass is 32.2. The number of aromatic nitrogens is 2. The number of alkyl halides is 2. The van der Waals surface area contributed by atoms with Crippen molar-refractivity contribution in [1.29, 1.82) is 0 Å². The molecule has 172 valence electrons. The molecular weight excluding hydrogens is 442 g/mol. The largest absolute Gasteiger partial charge is 0.530 e. The first-order valence-corrected chi connectivity index (χ1v) is 11.2. The third kappa shape index (κ3) is 5.05. The van der Waals surface area contributed by atoms with E-state index in [1.807, 2.05) is 0 Å². The molecule has 0 fully saturated rings. The van der Waals surface area contributed by atoms with Gasteiger partial charge < -0.3 is 19.8 Å². The Hall–Kier alpha value is -3.05. The van der Waals surface area contributed by atoms with Crippen LogP contribution in [-0.2, 0) is 10.0 Å². The zero-order chi connectivity index (χ0) is 23.7. The fourth-order valence-corrected chi connectivity index (χ4v) is 4.33. The molecule has 0 aliphatic carbocycles. The van der Waals surface area contributed by atoms with E-state index in [1.54, 1.807) is 39.0 Å². The maximum absolute atomic E-state index is 13.0. The molecule has 0 saturated heterocycles. The second-order valence-corrected chi connectivity index (χ2v) is 9.92. The quantitative estimate of drug-likeness (QED) is 0.556. The molecule has 11 heteroatoms. The Morgan fingerprint density at radius 2 is 1.88 bits per heavy atom. The van der Waals surface area contributed by atoms with Gasteiger partial charge in [-0.05, 0) is 56.2 Å². The van der Waals surface area contributed by atoms with Gasteiger partial charge in [-0.1, -0.05) is 12.1 Å². The first-order valence-electron chi connectivity index (χ1n) is 9.74. The highest BCUT2D eigenvalue weighted by molar-refractivity contribution is 7.89.